The number of carbonyl (C=O) groups excluding carboxylic acids is 1. The highest BCUT2D eigenvalue weighted by Gasteiger charge is 2.30. The van der Waals surface area contributed by atoms with Crippen molar-refractivity contribution in [3.8, 4) is 17.1 Å². The summed E-state index contributed by atoms with van der Waals surface area (Å²) in [5, 5.41) is 12.6. The van der Waals surface area contributed by atoms with E-state index in [1.165, 1.54) is 31.0 Å². The van der Waals surface area contributed by atoms with Crippen molar-refractivity contribution in [1.82, 2.24) is 25.1 Å². The minimum absolute atomic E-state index is 0.0232. The summed E-state index contributed by atoms with van der Waals surface area (Å²) in [6.07, 6.45) is 8.33. The monoisotopic (exact) mass is 465 g/mol. The number of amides is 1. The molecule has 33 heavy (non-hydrogen) atoms. The van der Waals surface area contributed by atoms with Gasteiger partial charge in [-0.15, -0.1) is 10.2 Å². The van der Waals surface area contributed by atoms with Crippen LogP contribution in [-0.4, -0.2) is 38.0 Å². The molecule has 2 aromatic heterocycles. The molecule has 0 saturated heterocycles. The lowest BCUT2D eigenvalue weighted by Crippen LogP contribution is -2.31. The van der Waals surface area contributed by atoms with Gasteiger partial charge in [-0.2, -0.15) is 0 Å². The Kier molecular flexibility index (Phi) is 7.65. The van der Waals surface area contributed by atoms with Gasteiger partial charge in [-0.25, -0.2) is 0 Å². The molecule has 1 aromatic carbocycles. The van der Waals surface area contributed by atoms with Gasteiger partial charge in [0.25, 0.3) is 0 Å². The second kappa shape index (κ2) is 10.8. The number of nitrogens with zero attached hydrogens (tertiary/aromatic N) is 4. The Morgan fingerprint density at radius 1 is 1.21 bits per heavy atom. The van der Waals surface area contributed by atoms with E-state index in [9.17, 15) is 4.79 Å². The average molecular weight is 466 g/mol. The molecular weight excluding hydrogens is 434 g/mol. The third-order valence-electron chi connectivity index (χ3n) is 6.26. The highest BCUT2D eigenvalue weighted by molar-refractivity contribution is 8.00. The summed E-state index contributed by atoms with van der Waals surface area (Å²) in [6.45, 7) is 4.69. The quantitative estimate of drug-likeness (QED) is 0.477. The van der Waals surface area contributed by atoms with E-state index in [1.807, 2.05) is 49.5 Å². The number of hydrogen-bond donors (Lipinski definition) is 1. The van der Waals surface area contributed by atoms with Crippen molar-refractivity contribution in [2.24, 2.45) is 5.92 Å². The van der Waals surface area contributed by atoms with Gasteiger partial charge in [0.15, 0.2) is 11.0 Å². The molecule has 1 amide bonds. The fourth-order valence-corrected chi connectivity index (χ4v) is 5.25. The van der Waals surface area contributed by atoms with E-state index in [0.717, 1.165) is 34.3 Å². The number of nitrogens with one attached hydrogen (secondary N) is 1. The van der Waals surface area contributed by atoms with Gasteiger partial charge in [0.1, 0.15) is 5.75 Å². The van der Waals surface area contributed by atoms with Gasteiger partial charge >= 0.3 is 0 Å². The zero-order valence-electron chi connectivity index (χ0n) is 19.4. The van der Waals surface area contributed by atoms with Crippen LogP contribution in [0.15, 0.2) is 53.9 Å². The third kappa shape index (κ3) is 5.55. The van der Waals surface area contributed by atoms with Crippen LogP contribution in [-0.2, 0) is 11.3 Å². The molecule has 0 unspecified atom stereocenters. The summed E-state index contributed by atoms with van der Waals surface area (Å²) in [6, 6.07) is 12.0. The van der Waals surface area contributed by atoms with Gasteiger partial charge in [0.2, 0.25) is 5.91 Å². The molecule has 3 atom stereocenters. The minimum Gasteiger partial charge on any atom is -0.497 e. The number of benzene rings is 1. The molecule has 174 valence electrons. The zero-order chi connectivity index (χ0) is 23.2. The SMILES string of the molecule is COc1ccc(CNC(=O)[C@@H](C)Sc2nnc(-c3cccnc3)n2[C@@H]2CCCC[C@@H]2C)cc1. The fourth-order valence-electron chi connectivity index (χ4n) is 4.32. The Morgan fingerprint density at radius 3 is 2.70 bits per heavy atom. The summed E-state index contributed by atoms with van der Waals surface area (Å²) in [4.78, 5) is 17.1. The van der Waals surface area contributed by atoms with Crippen molar-refractivity contribution < 1.29 is 9.53 Å². The van der Waals surface area contributed by atoms with E-state index in [4.69, 9.17) is 4.74 Å². The molecular formula is C25H31N5O2S. The first-order chi connectivity index (χ1) is 16.1. The number of ether oxygens (including phenoxy) is 1. The van der Waals surface area contributed by atoms with E-state index in [0.29, 0.717) is 18.5 Å². The van der Waals surface area contributed by atoms with E-state index < -0.39 is 0 Å². The predicted octanol–water partition coefficient (Wildman–Crippen LogP) is 4.90. The molecule has 0 spiro atoms. The summed E-state index contributed by atoms with van der Waals surface area (Å²) >= 11 is 1.47. The maximum absolute atomic E-state index is 12.8. The lowest BCUT2D eigenvalue weighted by atomic mass is 9.85. The molecule has 7 nitrogen and oxygen atoms in total. The molecule has 3 aromatic rings. The molecule has 4 rings (SSSR count). The maximum atomic E-state index is 12.8. The maximum Gasteiger partial charge on any atom is 0.233 e. The first kappa shape index (κ1) is 23.3. The van der Waals surface area contributed by atoms with Gasteiger partial charge in [0.05, 0.1) is 12.4 Å². The molecule has 1 saturated carbocycles. The molecule has 2 heterocycles. The van der Waals surface area contributed by atoms with Crippen molar-refractivity contribution in [2.75, 3.05) is 7.11 Å². The lowest BCUT2D eigenvalue weighted by molar-refractivity contribution is -0.120. The molecule has 0 bridgehead atoms. The Bertz CT molecular complexity index is 1050. The van der Waals surface area contributed by atoms with Crippen LogP contribution in [0, 0.1) is 5.92 Å². The van der Waals surface area contributed by atoms with Crippen LogP contribution < -0.4 is 10.1 Å². The standard InChI is InChI=1S/C25H31N5O2S/c1-17-7-4-5-9-22(17)30-23(20-8-6-14-26-16-20)28-29-25(30)33-18(2)24(31)27-15-19-10-12-21(32-3)13-11-19/h6,8,10-14,16-18,22H,4-5,7,9,15H2,1-3H3,(H,27,31)/t17-,18+,22+/m0/s1. The van der Waals surface area contributed by atoms with Gasteiger partial charge in [0, 0.05) is 30.5 Å². The average Bonchev–Trinajstić information content (AvgIpc) is 3.26. The second-order valence-corrected chi connectivity index (χ2v) is 9.88. The fraction of sp³-hybridized carbons (Fsp3) is 0.440. The Morgan fingerprint density at radius 2 is 2.00 bits per heavy atom. The van der Waals surface area contributed by atoms with Crippen molar-refractivity contribution >= 4 is 17.7 Å². The largest absolute Gasteiger partial charge is 0.497 e. The number of rotatable bonds is 8. The number of pyridine rings is 1. The normalized spacial score (nSPS) is 19.1. The van der Waals surface area contributed by atoms with Crippen molar-refractivity contribution in [3.63, 3.8) is 0 Å². The first-order valence-electron chi connectivity index (χ1n) is 11.5. The summed E-state index contributed by atoms with van der Waals surface area (Å²) in [5.41, 5.74) is 1.98. The highest BCUT2D eigenvalue weighted by Crippen LogP contribution is 2.39. The zero-order valence-corrected chi connectivity index (χ0v) is 20.2. The van der Waals surface area contributed by atoms with Crippen LogP contribution in [0.3, 0.4) is 0 Å². The molecule has 0 aliphatic heterocycles. The number of hydrogen-bond acceptors (Lipinski definition) is 6. The van der Waals surface area contributed by atoms with Crippen LogP contribution >= 0.6 is 11.8 Å². The van der Waals surface area contributed by atoms with Gasteiger partial charge in [-0.3, -0.25) is 14.3 Å². The van der Waals surface area contributed by atoms with Crippen molar-refractivity contribution in [1.29, 1.82) is 0 Å². The van der Waals surface area contributed by atoms with Gasteiger partial charge < -0.3 is 10.1 Å². The number of methoxy groups -OCH3 is 1. The van der Waals surface area contributed by atoms with Crippen LogP contribution in [0.25, 0.3) is 11.4 Å². The predicted molar refractivity (Wildman–Crippen MR) is 130 cm³/mol. The molecule has 8 heteroatoms. The Balaban J connectivity index is 1.50. The summed E-state index contributed by atoms with van der Waals surface area (Å²) in [7, 11) is 1.64. The Labute approximate surface area is 199 Å². The third-order valence-corrected chi connectivity index (χ3v) is 7.32. The summed E-state index contributed by atoms with van der Waals surface area (Å²) in [5.74, 6) is 2.14. The topological polar surface area (TPSA) is 81.9 Å². The smallest absolute Gasteiger partial charge is 0.233 e. The van der Waals surface area contributed by atoms with Crippen molar-refractivity contribution in [2.45, 2.75) is 62.5 Å². The van der Waals surface area contributed by atoms with E-state index in [1.54, 1.807) is 13.3 Å². The van der Waals surface area contributed by atoms with Crippen LogP contribution in [0.2, 0.25) is 0 Å². The first-order valence-corrected chi connectivity index (χ1v) is 12.4. The van der Waals surface area contributed by atoms with Gasteiger partial charge in [-0.1, -0.05) is 43.7 Å². The number of thioether (sulfide) groups is 1. The molecule has 1 aliphatic carbocycles. The van der Waals surface area contributed by atoms with E-state index in [-0.39, 0.29) is 11.2 Å². The number of carbonyl (C=O) groups is 1. The molecule has 1 N–H and O–H groups in total. The van der Waals surface area contributed by atoms with Crippen molar-refractivity contribution in [3.05, 3.63) is 54.4 Å². The summed E-state index contributed by atoms with van der Waals surface area (Å²) < 4.78 is 7.44. The molecule has 1 aliphatic rings. The number of aromatic nitrogens is 4. The highest BCUT2D eigenvalue weighted by atomic mass is 32.2. The second-order valence-electron chi connectivity index (χ2n) is 8.57. The van der Waals surface area contributed by atoms with Crippen LogP contribution in [0.4, 0.5) is 0 Å². The molecule has 1 fully saturated rings. The molecule has 0 radical (unpaired) electrons. The minimum atomic E-state index is -0.299. The van der Waals surface area contributed by atoms with Gasteiger partial charge in [-0.05, 0) is 55.5 Å². The van der Waals surface area contributed by atoms with Crippen LogP contribution in [0.5, 0.6) is 5.75 Å². The Hall–Kier alpha value is -2.87. The van der Waals surface area contributed by atoms with E-state index in [2.05, 4.69) is 32.0 Å². The lowest BCUT2D eigenvalue weighted by Gasteiger charge is -2.31. The van der Waals surface area contributed by atoms with Crippen LogP contribution in [0.1, 0.15) is 51.1 Å². The van der Waals surface area contributed by atoms with E-state index >= 15 is 0 Å².